The molecule has 3 rings (SSSR count). The molecular weight excluding hydrogens is 288 g/mol. The van der Waals surface area contributed by atoms with Crippen LogP contribution in [0, 0.1) is 5.92 Å². The van der Waals surface area contributed by atoms with Gasteiger partial charge >= 0.3 is 5.97 Å². The van der Waals surface area contributed by atoms with E-state index in [2.05, 4.69) is 34.5 Å². The lowest BCUT2D eigenvalue weighted by Gasteiger charge is -2.41. The predicted molar refractivity (Wildman–Crippen MR) is 91.3 cm³/mol. The van der Waals surface area contributed by atoms with E-state index in [9.17, 15) is 9.90 Å². The first-order valence-electron chi connectivity index (χ1n) is 8.94. The quantitative estimate of drug-likeness (QED) is 0.847. The molecule has 0 aromatic heterocycles. The Labute approximate surface area is 138 Å². The van der Waals surface area contributed by atoms with Crippen LogP contribution in [-0.2, 0) is 11.3 Å². The number of likely N-dealkylation sites (tertiary alicyclic amines) is 1. The van der Waals surface area contributed by atoms with E-state index in [0.717, 1.165) is 26.1 Å². The number of carboxylic acid groups (broad SMARTS) is 1. The fourth-order valence-electron chi connectivity index (χ4n) is 4.21. The zero-order valence-corrected chi connectivity index (χ0v) is 13.8. The zero-order valence-electron chi connectivity index (χ0n) is 13.8. The maximum atomic E-state index is 11.1. The number of nitrogens with zero attached hydrogens (tertiary/aromatic N) is 1. The highest BCUT2D eigenvalue weighted by atomic mass is 16.4. The molecule has 4 heteroatoms. The van der Waals surface area contributed by atoms with Gasteiger partial charge in [0, 0.05) is 38.1 Å². The monoisotopic (exact) mass is 316 g/mol. The number of rotatable bonds is 6. The van der Waals surface area contributed by atoms with Crippen molar-refractivity contribution in [3.8, 4) is 0 Å². The minimum Gasteiger partial charge on any atom is -0.481 e. The van der Waals surface area contributed by atoms with Crippen molar-refractivity contribution in [2.45, 2.75) is 57.2 Å². The van der Waals surface area contributed by atoms with E-state index in [1.165, 1.54) is 31.2 Å². The number of carboxylic acids is 1. The largest absolute Gasteiger partial charge is 0.481 e. The fraction of sp³-hybridized carbons (Fsp3) is 0.632. The molecule has 1 aliphatic heterocycles. The van der Waals surface area contributed by atoms with Crippen molar-refractivity contribution in [1.82, 2.24) is 10.2 Å². The number of nitrogens with one attached hydrogen (secondary N) is 1. The van der Waals surface area contributed by atoms with Crippen LogP contribution in [0.1, 0.15) is 44.1 Å². The van der Waals surface area contributed by atoms with Gasteiger partial charge in [-0.2, -0.15) is 0 Å². The van der Waals surface area contributed by atoms with E-state index in [1.807, 2.05) is 6.07 Å². The number of carbonyl (C=O) groups is 1. The van der Waals surface area contributed by atoms with Gasteiger partial charge in [-0.1, -0.05) is 43.2 Å². The first-order chi connectivity index (χ1) is 11.2. The molecule has 2 fully saturated rings. The average Bonchev–Trinajstić information content (AvgIpc) is 3.08. The van der Waals surface area contributed by atoms with Crippen LogP contribution in [0.3, 0.4) is 0 Å². The lowest BCUT2D eigenvalue weighted by Crippen LogP contribution is -2.52. The molecule has 1 heterocycles. The lowest BCUT2D eigenvalue weighted by molar-refractivity contribution is -0.138. The van der Waals surface area contributed by atoms with Gasteiger partial charge in [0.25, 0.3) is 0 Å². The number of benzene rings is 1. The first kappa shape index (κ1) is 16.5. The van der Waals surface area contributed by atoms with E-state index in [-0.39, 0.29) is 5.92 Å². The summed E-state index contributed by atoms with van der Waals surface area (Å²) < 4.78 is 0. The van der Waals surface area contributed by atoms with Crippen LogP contribution in [0.5, 0.6) is 0 Å². The van der Waals surface area contributed by atoms with Crippen molar-refractivity contribution >= 4 is 5.97 Å². The van der Waals surface area contributed by atoms with Crippen molar-refractivity contribution in [3.63, 3.8) is 0 Å². The molecule has 1 aromatic carbocycles. The summed E-state index contributed by atoms with van der Waals surface area (Å²) >= 11 is 0. The lowest BCUT2D eigenvalue weighted by atomic mass is 9.90. The molecule has 0 spiro atoms. The summed E-state index contributed by atoms with van der Waals surface area (Å²) in [6, 6.07) is 11.5. The standard InChI is InChI=1S/C19H28N2O2/c22-19(23)11-16-10-17(20-12-15-6-2-1-3-7-15)14-21(13-16)18-8-4-5-9-18/h1-3,6-7,16-18,20H,4-5,8-14H2,(H,22,23). The van der Waals surface area contributed by atoms with Crippen molar-refractivity contribution in [1.29, 1.82) is 0 Å². The maximum absolute atomic E-state index is 11.1. The molecule has 0 radical (unpaired) electrons. The van der Waals surface area contributed by atoms with Crippen LogP contribution in [-0.4, -0.2) is 41.1 Å². The van der Waals surface area contributed by atoms with Gasteiger partial charge < -0.3 is 10.4 Å². The van der Waals surface area contributed by atoms with E-state index >= 15 is 0 Å². The van der Waals surface area contributed by atoms with Crippen LogP contribution < -0.4 is 5.32 Å². The highest BCUT2D eigenvalue weighted by Gasteiger charge is 2.33. The van der Waals surface area contributed by atoms with Crippen LogP contribution in [0.25, 0.3) is 0 Å². The predicted octanol–water partition coefficient (Wildman–Crippen LogP) is 2.88. The summed E-state index contributed by atoms with van der Waals surface area (Å²) in [6.45, 7) is 2.89. The number of hydrogen-bond donors (Lipinski definition) is 2. The molecule has 23 heavy (non-hydrogen) atoms. The molecule has 2 aliphatic rings. The molecule has 1 aliphatic carbocycles. The Morgan fingerprint density at radius 2 is 1.91 bits per heavy atom. The van der Waals surface area contributed by atoms with Gasteiger partial charge in [0.05, 0.1) is 0 Å². The number of piperidine rings is 1. The highest BCUT2D eigenvalue weighted by Crippen LogP contribution is 2.29. The number of aliphatic carboxylic acids is 1. The van der Waals surface area contributed by atoms with Gasteiger partial charge in [-0.05, 0) is 30.7 Å². The average molecular weight is 316 g/mol. The maximum Gasteiger partial charge on any atom is 0.303 e. The van der Waals surface area contributed by atoms with Crippen LogP contribution >= 0.6 is 0 Å². The van der Waals surface area contributed by atoms with Crippen molar-refractivity contribution in [2.24, 2.45) is 5.92 Å². The summed E-state index contributed by atoms with van der Waals surface area (Å²) in [5.74, 6) is -0.389. The molecule has 2 unspecified atom stereocenters. The van der Waals surface area contributed by atoms with E-state index < -0.39 is 5.97 Å². The topological polar surface area (TPSA) is 52.6 Å². The second-order valence-corrected chi connectivity index (χ2v) is 7.16. The number of hydrogen-bond acceptors (Lipinski definition) is 3. The Morgan fingerprint density at radius 3 is 2.61 bits per heavy atom. The molecule has 2 atom stereocenters. The molecule has 1 saturated heterocycles. The Morgan fingerprint density at radius 1 is 1.17 bits per heavy atom. The Balaban J connectivity index is 1.59. The van der Waals surface area contributed by atoms with Gasteiger partial charge in [-0.15, -0.1) is 0 Å². The minimum atomic E-state index is -0.662. The third-order valence-electron chi connectivity index (χ3n) is 5.31. The molecule has 2 N–H and O–H groups in total. The molecule has 1 aromatic rings. The fourth-order valence-corrected chi connectivity index (χ4v) is 4.21. The van der Waals surface area contributed by atoms with Gasteiger partial charge in [0.15, 0.2) is 0 Å². The van der Waals surface area contributed by atoms with Gasteiger partial charge in [-0.25, -0.2) is 0 Å². The molecular formula is C19H28N2O2. The van der Waals surface area contributed by atoms with E-state index in [1.54, 1.807) is 0 Å². The second kappa shape index (κ2) is 7.93. The summed E-state index contributed by atoms with van der Waals surface area (Å²) in [4.78, 5) is 13.7. The van der Waals surface area contributed by atoms with Gasteiger partial charge in [0.1, 0.15) is 0 Å². The molecule has 1 saturated carbocycles. The van der Waals surface area contributed by atoms with Crippen molar-refractivity contribution < 1.29 is 9.90 Å². The van der Waals surface area contributed by atoms with Gasteiger partial charge in [0.2, 0.25) is 0 Å². The molecule has 126 valence electrons. The summed E-state index contributed by atoms with van der Waals surface area (Å²) in [5.41, 5.74) is 1.29. The summed E-state index contributed by atoms with van der Waals surface area (Å²) in [5, 5.41) is 12.8. The Bertz CT molecular complexity index is 499. The SMILES string of the molecule is O=C(O)CC1CC(NCc2ccccc2)CN(C2CCCC2)C1. The Kier molecular flexibility index (Phi) is 5.68. The van der Waals surface area contributed by atoms with E-state index in [4.69, 9.17) is 0 Å². The molecule has 0 bridgehead atoms. The van der Waals surface area contributed by atoms with Gasteiger partial charge in [-0.3, -0.25) is 9.69 Å². The molecule has 4 nitrogen and oxygen atoms in total. The highest BCUT2D eigenvalue weighted by molar-refractivity contribution is 5.67. The Hall–Kier alpha value is -1.39. The second-order valence-electron chi connectivity index (χ2n) is 7.16. The third-order valence-corrected chi connectivity index (χ3v) is 5.31. The van der Waals surface area contributed by atoms with Crippen LogP contribution in [0.4, 0.5) is 0 Å². The normalized spacial score (nSPS) is 26.4. The minimum absolute atomic E-state index is 0.273. The first-order valence-corrected chi connectivity index (χ1v) is 8.94. The third kappa shape index (κ3) is 4.79. The zero-order chi connectivity index (χ0) is 16.1. The van der Waals surface area contributed by atoms with Crippen molar-refractivity contribution in [2.75, 3.05) is 13.1 Å². The summed E-state index contributed by atoms with van der Waals surface area (Å²) in [7, 11) is 0. The van der Waals surface area contributed by atoms with E-state index in [0.29, 0.717) is 18.5 Å². The van der Waals surface area contributed by atoms with Crippen molar-refractivity contribution in [3.05, 3.63) is 35.9 Å². The summed E-state index contributed by atoms with van der Waals surface area (Å²) in [6.07, 6.45) is 6.49. The van der Waals surface area contributed by atoms with Crippen LogP contribution in [0.2, 0.25) is 0 Å². The molecule has 0 amide bonds. The van der Waals surface area contributed by atoms with Crippen LogP contribution in [0.15, 0.2) is 30.3 Å². The smallest absolute Gasteiger partial charge is 0.303 e.